The zero-order valence-electron chi connectivity index (χ0n) is 19.9. The molecule has 3 aromatic heterocycles. The van der Waals surface area contributed by atoms with Gasteiger partial charge in [-0.05, 0) is 31.0 Å². The summed E-state index contributed by atoms with van der Waals surface area (Å²) in [5.74, 6) is -0.188. The first-order chi connectivity index (χ1) is 17.5. The molecule has 0 saturated carbocycles. The number of esters is 1. The summed E-state index contributed by atoms with van der Waals surface area (Å²) in [5, 5.41) is 8.72. The molecule has 1 atom stereocenters. The second-order valence-electron chi connectivity index (χ2n) is 8.03. The molecule has 0 aliphatic rings. The van der Waals surface area contributed by atoms with E-state index in [2.05, 4.69) is 20.2 Å². The first-order valence-electron chi connectivity index (χ1n) is 11.4. The molecule has 3 heterocycles. The number of carbonyl (C=O) groups excluding carboxylic acids is 1. The van der Waals surface area contributed by atoms with Crippen molar-refractivity contribution in [2.45, 2.75) is 19.9 Å². The van der Waals surface area contributed by atoms with Crippen molar-refractivity contribution in [3.63, 3.8) is 0 Å². The lowest BCUT2D eigenvalue weighted by Crippen LogP contribution is -2.11. The molecule has 0 unspecified atom stereocenters. The van der Waals surface area contributed by atoms with Crippen molar-refractivity contribution in [2.75, 3.05) is 13.7 Å². The van der Waals surface area contributed by atoms with Crippen molar-refractivity contribution < 1.29 is 18.7 Å². The number of aromatic nitrogens is 6. The van der Waals surface area contributed by atoms with Crippen molar-refractivity contribution in [1.29, 1.82) is 0 Å². The van der Waals surface area contributed by atoms with Gasteiger partial charge >= 0.3 is 5.97 Å². The lowest BCUT2D eigenvalue weighted by atomic mass is 10.0. The minimum atomic E-state index is -0.473. The first-order valence-corrected chi connectivity index (χ1v) is 11.4. The Labute approximate surface area is 206 Å². The average Bonchev–Trinajstić information content (AvgIpc) is 3.56. The van der Waals surface area contributed by atoms with E-state index in [4.69, 9.17) is 9.47 Å². The van der Waals surface area contributed by atoms with Crippen LogP contribution >= 0.6 is 0 Å². The first kappa shape index (κ1) is 23.2. The van der Waals surface area contributed by atoms with E-state index in [-0.39, 0.29) is 24.4 Å². The Bertz CT molecular complexity index is 1540. The molecule has 0 aliphatic carbocycles. The zero-order chi connectivity index (χ0) is 25.2. The van der Waals surface area contributed by atoms with E-state index in [1.54, 1.807) is 29.9 Å². The number of hydrogen-bond acceptors (Lipinski definition) is 7. The standard InChI is InChI=1S/C26H23FN6O3/c1-4-36-25(34)19-13-28-32(15-19)26-30-22-14-29-33(23(22)24(31-26)35-3)16(2)17-9-11-18(12-10-17)20-7-5-6-8-21(20)27/h5-16H,4H2,1-3H3/t16-/m1/s1. The smallest absolute Gasteiger partial charge is 0.341 e. The minimum absolute atomic E-state index is 0.180. The Kier molecular flexibility index (Phi) is 6.16. The third-order valence-corrected chi connectivity index (χ3v) is 5.84. The summed E-state index contributed by atoms with van der Waals surface area (Å²) < 4.78 is 27.9. The van der Waals surface area contributed by atoms with Gasteiger partial charge < -0.3 is 9.47 Å². The molecular formula is C26H23FN6O3. The van der Waals surface area contributed by atoms with Gasteiger partial charge in [0, 0.05) is 11.8 Å². The molecule has 0 saturated heterocycles. The van der Waals surface area contributed by atoms with Crippen LogP contribution in [-0.2, 0) is 4.74 Å². The fraction of sp³-hybridized carbons (Fsp3) is 0.192. The van der Waals surface area contributed by atoms with Crippen LogP contribution in [0.1, 0.15) is 35.8 Å². The van der Waals surface area contributed by atoms with Crippen LogP contribution in [-0.4, -0.2) is 49.2 Å². The molecule has 182 valence electrons. The minimum Gasteiger partial charge on any atom is -0.479 e. The molecule has 5 aromatic rings. The van der Waals surface area contributed by atoms with Gasteiger partial charge in [-0.25, -0.2) is 18.9 Å². The molecule has 2 aromatic carbocycles. The largest absolute Gasteiger partial charge is 0.479 e. The van der Waals surface area contributed by atoms with Gasteiger partial charge in [-0.15, -0.1) is 0 Å². The van der Waals surface area contributed by atoms with Crippen LogP contribution in [0.3, 0.4) is 0 Å². The highest BCUT2D eigenvalue weighted by Gasteiger charge is 2.20. The molecule has 0 radical (unpaired) electrons. The number of nitrogens with zero attached hydrogens (tertiary/aromatic N) is 6. The number of fused-ring (bicyclic) bond motifs is 1. The van der Waals surface area contributed by atoms with Gasteiger partial charge in [0.15, 0.2) is 0 Å². The highest BCUT2D eigenvalue weighted by Crippen LogP contribution is 2.30. The van der Waals surface area contributed by atoms with Gasteiger partial charge in [0.2, 0.25) is 5.88 Å². The Morgan fingerprint density at radius 1 is 1.06 bits per heavy atom. The predicted molar refractivity (Wildman–Crippen MR) is 131 cm³/mol. The van der Waals surface area contributed by atoms with Crippen LogP contribution in [0.5, 0.6) is 5.88 Å². The highest BCUT2D eigenvalue weighted by molar-refractivity contribution is 5.88. The fourth-order valence-corrected chi connectivity index (χ4v) is 3.99. The maximum Gasteiger partial charge on any atom is 0.341 e. The quantitative estimate of drug-likeness (QED) is 0.310. The number of halogens is 1. The van der Waals surface area contributed by atoms with Crippen LogP contribution < -0.4 is 4.74 Å². The van der Waals surface area contributed by atoms with Crippen molar-refractivity contribution in [2.24, 2.45) is 0 Å². The lowest BCUT2D eigenvalue weighted by molar-refractivity contribution is 0.0526. The van der Waals surface area contributed by atoms with Crippen LogP contribution in [0.25, 0.3) is 28.1 Å². The summed E-state index contributed by atoms with van der Waals surface area (Å²) in [7, 11) is 1.52. The molecule has 5 rings (SSSR count). The Balaban J connectivity index is 1.48. The monoisotopic (exact) mass is 486 g/mol. The molecule has 10 heteroatoms. The molecule has 0 N–H and O–H groups in total. The zero-order valence-corrected chi connectivity index (χ0v) is 19.9. The molecule has 0 aliphatic heterocycles. The molecule has 0 fully saturated rings. The van der Waals surface area contributed by atoms with Gasteiger partial charge in [0.25, 0.3) is 5.95 Å². The Morgan fingerprint density at radius 2 is 1.83 bits per heavy atom. The summed E-state index contributed by atoms with van der Waals surface area (Å²) in [6, 6.07) is 14.2. The van der Waals surface area contributed by atoms with E-state index < -0.39 is 5.97 Å². The van der Waals surface area contributed by atoms with Crippen molar-refractivity contribution in [1.82, 2.24) is 29.5 Å². The summed E-state index contributed by atoms with van der Waals surface area (Å²) in [5.41, 5.74) is 3.78. The van der Waals surface area contributed by atoms with E-state index >= 15 is 0 Å². The fourth-order valence-electron chi connectivity index (χ4n) is 3.99. The summed E-state index contributed by atoms with van der Waals surface area (Å²) in [4.78, 5) is 21.0. The highest BCUT2D eigenvalue weighted by atomic mass is 19.1. The van der Waals surface area contributed by atoms with Gasteiger partial charge in [0.1, 0.15) is 16.9 Å². The van der Waals surface area contributed by atoms with Crippen LogP contribution in [0.2, 0.25) is 0 Å². The SMILES string of the molecule is CCOC(=O)c1cnn(-c2nc(OC)c3c(cnn3[C@H](C)c3ccc(-c4ccccc4F)cc3)n2)c1. The predicted octanol–water partition coefficient (Wildman–Crippen LogP) is 4.61. The van der Waals surface area contributed by atoms with Gasteiger partial charge in [-0.1, -0.05) is 42.5 Å². The third-order valence-electron chi connectivity index (χ3n) is 5.84. The van der Waals surface area contributed by atoms with E-state index in [9.17, 15) is 9.18 Å². The van der Waals surface area contributed by atoms with Crippen molar-refractivity contribution in [3.8, 4) is 23.0 Å². The maximum absolute atomic E-state index is 14.2. The number of hydrogen-bond donors (Lipinski definition) is 0. The molecular weight excluding hydrogens is 463 g/mol. The van der Waals surface area contributed by atoms with E-state index in [1.807, 2.05) is 37.3 Å². The Morgan fingerprint density at radius 3 is 2.56 bits per heavy atom. The van der Waals surface area contributed by atoms with Crippen LogP contribution in [0.4, 0.5) is 4.39 Å². The van der Waals surface area contributed by atoms with E-state index in [1.165, 1.54) is 30.3 Å². The van der Waals surface area contributed by atoms with Gasteiger partial charge in [-0.3, -0.25) is 4.68 Å². The van der Waals surface area contributed by atoms with Crippen LogP contribution in [0, 0.1) is 5.82 Å². The number of rotatable bonds is 7. The van der Waals surface area contributed by atoms with E-state index in [0.717, 1.165) is 11.1 Å². The molecule has 0 spiro atoms. The topological polar surface area (TPSA) is 97.0 Å². The molecule has 0 amide bonds. The third kappa shape index (κ3) is 4.17. The average molecular weight is 487 g/mol. The summed E-state index contributed by atoms with van der Waals surface area (Å²) in [6.45, 7) is 4.00. The van der Waals surface area contributed by atoms with Crippen molar-refractivity contribution in [3.05, 3.63) is 84.1 Å². The summed E-state index contributed by atoms with van der Waals surface area (Å²) in [6.07, 6.45) is 4.53. The van der Waals surface area contributed by atoms with E-state index in [0.29, 0.717) is 28.0 Å². The molecule has 36 heavy (non-hydrogen) atoms. The molecule has 9 nitrogen and oxygen atoms in total. The lowest BCUT2D eigenvalue weighted by Gasteiger charge is -2.16. The van der Waals surface area contributed by atoms with Gasteiger partial charge in [-0.2, -0.15) is 15.2 Å². The number of benzene rings is 2. The second kappa shape index (κ2) is 9.57. The van der Waals surface area contributed by atoms with Gasteiger partial charge in [0.05, 0.1) is 37.7 Å². The number of ether oxygens (including phenoxy) is 2. The normalized spacial score (nSPS) is 12.0. The van der Waals surface area contributed by atoms with Crippen LogP contribution in [0.15, 0.2) is 67.1 Å². The Hall–Kier alpha value is -4.60. The second-order valence-corrected chi connectivity index (χ2v) is 8.03. The maximum atomic E-state index is 14.2. The number of methoxy groups -OCH3 is 1. The number of carbonyl (C=O) groups is 1. The molecule has 0 bridgehead atoms. The summed E-state index contributed by atoms with van der Waals surface area (Å²) >= 11 is 0. The van der Waals surface area contributed by atoms with Crippen molar-refractivity contribution >= 4 is 17.0 Å².